The summed E-state index contributed by atoms with van der Waals surface area (Å²) < 4.78 is 28.1. The van der Waals surface area contributed by atoms with E-state index in [0.29, 0.717) is 24.6 Å². The Labute approximate surface area is 180 Å². The Morgan fingerprint density at radius 1 is 1.10 bits per heavy atom. The Bertz CT molecular complexity index is 1040. The van der Waals surface area contributed by atoms with Crippen LogP contribution in [0.1, 0.15) is 40.5 Å². The molecule has 1 aliphatic rings. The predicted octanol–water partition coefficient (Wildman–Crippen LogP) is 3.78. The van der Waals surface area contributed by atoms with Gasteiger partial charge in [0.2, 0.25) is 0 Å². The first-order chi connectivity index (χ1) is 14.2. The summed E-state index contributed by atoms with van der Waals surface area (Å²) in [7, 11) is -3.94. The number of hydrogen-bond donors (Lipinski definition) is 2. The van der Waals surface area contributed by atoms with Gasteiger partial charge < -0.3 is 10.0 Å². The molecule has 3 rings (SSSR count). The topological polar surface area (TPSA) is 104 Å². The molecule has 0 saturated carbocycles. The number of sulfonamides is 1. The number of piperidine rings is 1. The average Bonchev–Trinajstić information content (AvgIpc) is 2.73. The van der Waals surface area contributed by atoms with Crippen LogP contribution in [0.3, 0.4) is 0 Å². The van der Waals surface area contributed by atoms with Gasteiger partial charge in [0, 0.05) is 23.7 Å². The maximum Gasteiger partial charge on any atom is 0.335 e. The summed E-state index contributed by atoms with van der Waals surface area (Å²) in [6.45, 7) is 3.49. The summed E-state index contributed by atoms with van der Waals surface area (Å²) in [4.78, 5) is 26.5. The molecule has 2 aromatic carbocycles. The minimum absolute atomic E-state index is 0.0173. The van der Waals surface area contributed by atoms with Gasteiger partial charge in [-0.3, -0.25) is 9.52 Å². The van der Waals surface area contributed by atoms with Crippen molar-refractivity contribution in [1.29, 1.82) is 0 Å². The molecule has 9 heteroatoms. The molecule has 0 spiro atoms. The highest BCUT2D eigenvalue weighted by Gasteiger charge is 2.25. The van der Waals surface area contributed by atoms with Crippen molar-refractivity contribution in [3.8, 4) is 0 Å². The second-order valence-corrected chi connectivity index (χ2v) is 9.86. The third-order valence-corrected chi connectivity index (χ3v) is 7.34. The number of nitrogens with one attached hydrogen (secondary N) is 1. The predicted molar refractivity (Wildman–Crippen MR) is 117 cm³/mol. The van der Waals surface area contributed by atoms with Crippen molar-refractivity contribution in [1.82, 2.24) is 4.90 Å². The lowest BCUT2D eigenvalue weighted by Gasteiger charge is -2.30. The number of nitrogens with zero attached hydrogens (tertiary/aromatic N) is 1. The van der Waals surface area contributed by atoms with Gasteiger partial charge in [-0.05, 0) is 67.5 Å². The van der Waals surface area contributed by atoms with Crippen molar-refractivity contribution in [2.24, 2.45) is 5.92 Å². The number of carboxylic acid groups (broad SMARTS) is 1. The highest BCUT2D eigenvalue weighted by Crippen LogP contribution is 2.28. The molecule has 160 valence electrons. The standard InChI is InChI=1S/C21H24N2O5S2/c1-14-9-11-23(12-10-14)20(24)18-13-17(7-8-19(18)29-2)30(27,28)22-16-5-3-15(4-6-16)21(25)26/h3-8,13-14,22H,9-12H2,1-2H3,(H,25,26). The van der Waals surface area contributed by atoms with Gasteiger partial charge in [-0.25, -0.2) is 13.2 Å². The van der Waals surface area contributed by atoms with Crippen LogP contribution in [0.5, 0.6) is 0 Å². The fourth-order valence-electron chi connectivity index (χ4n) is 3.30. The molecule has 1 saturated heterocycles. The fraction of sp³-hybridized carbons (Fsp3) is 0.333. The van der Waals surface area contributed by atoms with Crippen molar-refractivity contribution in [2.75, 3.05) is 24.1 Å². The van der Waals surface area contributed by atoms with E-state index in [2.05, 4.69) is 11.6 Å². The summed E-state index contributed by atoms with van der Waals surface area (Å²) in [5, 5.41) is 8.96. The van der Waals surface area contributed by atoms with Crippen molar-refractivity contribution >= 4 is 39.3 Å². The largest absolute Gasteiger partial charge is 0.478 e. The zero-order valence-electron chi connectivity index (χ0n) is 16.8. The summed E-state index contributed by atoms with van der Waals surface area (Å²) in [5.41, 5.74) is 0.680. The number of benzene rings is 2. The molecule has 0 unspecified atom stereocenters. The third kappa shape index (κ3) is 4.96. The second-order valence-electron chi connectivity index (χ2n) is 7.32. The highest BCUT2D eigenvalue weighted by molar-refractivity contribution is 7.98. The monoisotopic (exact) mass is 448 g/mol. The van der Waals surface area contributed by atoms with Gasteiger partial charge in [0.1, 0.15) is 0 Å². The molecular formula is C21H24N2O5S2. The molecule has 0 aromatic heterocycles. The molecule has 1 heterocycles. The number of rotatable bonds is 6. The van der Waals surface area contributed by atoms with Gasteiger partial charge in [-0.1, -0.05) is 6.92 Å². The van der Waals surface area contributed by atoms with Crippen molar-refractivity contribution in [3.05, 3.63) is 53.6 Å². The highest BCUT2D eigenvalue weighted by atomic mass is 32.2. The Kier molecular flexibility index (Phi) is 6.72. The molecule has 1 amide bonds. The van der Waals surface area contributed by atoms with Crippen LogP contribution in [-0.4, -0.2) is 49.6 Å². The van der Waals surface area contributed by atoms with E-state index in [9.17, 15) is 18.0 Å². The van der Waals surface area contributed by atoms with E-state index < -0.39 is 16.0 Å². The number of carboxylic acids is 1. The summed E-state index contributed by atoms with van der Waals surface area (Å²) >= 11 is 1.40. The Morgan fingerprint density at radius 3 is 2.30 bits per heavy atom. The first-order valence-electron chi connectivity index (χ1n) is 9.55. The van der Waals surface area contributed by atoms with Crippen LogP contribution in [0.25, 0.3) is 0 Å². The number of hydrogen-bond acceptors (Lipinski definition) is 5. The lowest BCUT2D eigenvalue weighted by Crippen LogP contribution is -2.38. The number of likely N-dealkylation sites (tertiary alicyclic amines) is 1. The minimum Gasteiger partial charge on any atom is -0.478 e. The van der Waals surface area contributed by atoms with Gasteiger partial charge in [0.15, 0.2) is 0 Å². The van der Waals surface area contributed by atoms with E-state index in [4.69, 9.17) is 5.11 Å². The SMILES string of the molecule is CSc1ccc(S(=O)(=O)Nc2ccc(C(=O)O)cc2)cc1C(=O)N1CCC(C)CC1. The molecule has 1 fully saturated rings. The zero-order chi connectivity index (χ0) is 21.9. The lowest BCUT2D eigenvalue weighted by molar-refractivity contribution is 0.0686. The second kappa shape index (κ2) is 9.09. The third-order valence-electron chi connectivity index (χ3n) is 5.17. The number of carbonyl (C=O) groups is 2. The summed E-state index contributed by atoms with van der Waals surface area (Å²) in [5.74, 6) is -0.668. The number of anilines is 1. The van der Waals surface area contributed by atoms with Crippen LogP contribution in [0, 0.1) is 5.92 Å². The van der Waals surface area contributed by atoms with E-state index in [1.165, 1.54) is 48.2 Å². The van der Waals surface area contributed by atoms with E-state index in [-0.39, 0.29) is 22.1 Å². The van der Waals surface area contributed by atoms with Gasteiger partial charge >= 0.3 is 5.97 Å². The molecule has 0 aliphatic carbocycles. The maximum absolute atomic E-state index is 13.1. The van der Waals surface area contributed by atoms with Crippen LogP contribution in [-0.2, 0) is 10.0 Å². The van der Waals surface area contributed by atoms with E-state index in [1.807, 2.05) is 6.26 Å². The Balaban J connectivity index is 1.87. The van der Waals surface area contributed by atoms with Gasteiger partial charge in [-0.15, -0.1) is 11.8 Å². The minimum atomic E-state index is -3.94. The van der Waals surface area contributed by atoms with Gasteiger partial charge in [-0.2, -0.15) is 0 Å². The van der Waals surface area contributed by atoms with Crippen LogP contribution in [0.2, 0.25) is 0 Å². The zero-order valence-corrected chi connectivity index (χ0v) is 18.4. The molecule has 7 nitrogen and oxygen atoms in total. The van der Waals surface area contributed by atoms with Gasteiger partial charge in [0.25, 0.3) is 15.9 Å². The molecule has 0 atom stereocenters. The summed E-state index contributed by atoms with van der Waals surface area (Å²) in [6.07, 6.45) is 3.72. The molecule has 0 bridgehead atoms. The van der Waals surface area contributed by atoms with Gasteiger partial charge in [0.05, 0.1) is 16.0 Å². The van der Waals surface area contributed by atoms with Crippen LogP contribution < -0.4 is 4.72 Å². The molecule has 1 aliphatic heterocycles. The smallest absolute Gasteiger partial charge is 0.335 e. The normalized spacial score (nSPS) is 15.1. The van der Waals surface area contributed by atoms with Crippen molar-refractivity contribution < 1.29 is 23.1 Å². The fourth-order valence-corrected chi connectivity index (χ4v) is 4.95. The molecule has 0 radical (unpaired) electrons. The van der Waals surface area contributed by atoms with Crippen molar-refractivity contribution in [3.63, 3.8) is 0 Å². The average molecular weight is 449 g/mol. The number of thioether (sulfide) groups is 1. The Hall–Kier alpha value is -2.52. The van der Waals surface area contributed by atoms with Crippen LogP contribution >= 0.6 is 11.8 Å². The molecule has 2 N–H and O–H groups in total. The maximum atomic E-state index is 13.1. The van der Waals surface area contributed by atoms with Crippen LogP contribution in [0.15, 0.2) is 52.3 Å². The molecule has 30 heavy (non-hydrogen) atoms. The Morgan fingerprint density at radius 2 is 1.73 bits per heavy atom. The quantitative estimate of drug-likeness (QED) is 0.652. The van der Waals surface area contributed by atoms with E-state index in [1.54, 1.807) is 11.0 Å². The number of aromatic carboxylic acids is 1. The van der Waals surface area contributed by atoms with E-state index >= 15 is 0 Å². The molecule has 2 aromatic rings. The number of amides is 1. The van der Waals surface area contributed by atoms with Crippen molar-refractivity contribution in [2.45, 2.75) is 29.6 Å². The van der Waals surface area contributed by atoms with Crippen LogP contribution in [0.4, 0.5) is 5.69 Å². The first-order valence-corrected chi connectivity index (χ1v) is 12.3. The lowest BCUT2D eigenvalue weighted by atomic mass is 9.98. The first kappa shape index (κ1) is 22.2. The summed E-state index contributed by atoms with van der Waals surface area (Å²) in [6, 6.07) is 9.95. The van der Waals surface area contributed by atoms with E-state index in [0.717, 1.165) is 17.7 Å². The molecular weight excluding hydrogens is 424 g/mol. The number of carbonyl (C=O) groups excluding carboxylic acids is 1.